The highest BCUT2D eigenvalue weighted by Crippen LogP contribution is 2.35. The van der Waals surface area contributed by atoms with Gasteiger partial charge in [-0.05, 0) is 58.4 Å². The summed E-state index contributed by atoms with van der Waals surface area (Å²) in [4.78, 5) is 12.5. The van der Waals surface area contributed by atoms with Crippen LogP contribution in [0.25, 0.3) is 0 Å². The zero-order valence-electron chi connectivity index (χ0n) is 12.9. The number of hydrogen-bond acceptors (Lipinski definition) is 3. The number of carbonyl (C=O) groups is 1. The van der Waals surface area contributed by atoms with Crippen LogP contribution in [0.5, 0.6) is 0 Å². The Morgan fingerprint density at radius 1 is 1.22 bits per heavy atom. The number of likely N-dealkylation sites (N-methyl/N-ethyl adjacent to an activating group) is 1. The van der Waals surface area contributed by atoms with Gasteiger partial charge in [-0.1, -0.05) is 20.8 Å². The summed E-state index contributed by atoms with van der Waals surface area (Å²) in [6.45, 7) is 10.4. The molecule has 106 valence electrons. The molecule has 1 saturated carbocycles. The van der Waals surface area contributed by atoms with Crippen molar-refractivity contribution in [2.45, 2.75) is 77.9 Å². The van der Waals surface area contributed by atoms with Gasteiger partial charge >= 0.3 is 5.97 Å². The van der Waals surface area contributed by atoms with Crippen LogP contribution in [0.4, 0.5) is 0 Å². The van der Waals surface area contributed by atoms with Crippen molar-refractivity contribution >= 4 is 5.97 Å². The van der Waals surface area contributed by atoms with Gasteiger partial charge in [0.25, 0.3) is 0 Å². The Morgan fingerprint density at radius 3 is 2.11 bits per heavy atom. The summed E-state index contributed by atoms with van der Waals surface area (Å²) in [6, 6.07) is 0. The lowest BCUT2D eigenvalue weighted by atomic mass is 9.80. The molecule has 18 heavy (non-hydrogen) atoms. The lowest BCUT2D eigenvalue weighted by Gasteiger charge is -2.36. The molecule has 0 spiro atoms. The summed E-state index contributed by atoms with van der Waals surface area (Å²) in [5.41, 5.74) is -0.746. The zero-order chi connectivity index (χ0) is 14.0. The van der Waals surface area contributed by atoms with Gasteiger partial charge < -0.3 is 10.1 Å². The van der Waals surface area contributed by atoms with E-state index >= 15 is 0 Å². The maximum absolute atomic E-state index is 12.5. The molecule has 0 saturated heterocycles. The van der Waals surface area contributed by atoms with Crippen LogP contribution in [-0.4, -0.2) is 24.2 Å². The Labute approximate surface area is 112 Å². The first-order valence-electron chi connectivity index (χ1n) is 7.03. The molecule has 1 aliphatic carbocycles. The molecular formula is C15H29NO2. The second kappa shape index (κ2) is 5.20. The minimum Gasteiger partial charge on any atom is -0.458 e. The second-order valence-electron chi connectivity index (χ2n) is 7.37. The van der Waals surface area contributed by atoms with Gasteiger partial charge in [-0.3, -0.25) is 4.79 Å². The van der Waals surface area contributed by atoms with E-state index in [1.165, 1.54) is 12.8 Å². The molecule has 0 aliphatic heterocycles. The maximum Gasteiger partial charge on any atom is 0.326 e. The highest BCUT2D eigenvalue weighted by atomic mass is 16.6. The Hall–Kier alpha value is -0.570. The fourth-order valence-corrected chi connectivity index (χ4v) is 2.88. The van der Waals surface area contributed by atoms with Crippen molar-refractivity contribution in [1.82, 2.24) is 5.32 Å². The lowest BCUT2D eigenvalue weighted by molar-refractivity contribution is -0.166. The molecule has 1 atom stereocenters. The van der Waals surface area contributed by atoms with Crippen molar-refractivity contribution < 1.29 is 9.53 Å². The molecule has 1 N–H and O–H groups in total. The van der Waals surface area contributed by atoms with Crippen LogP contribution in [-0.2, 0) is 9.53 Å². The predicted molar refractivity (Wildman–Crippen MR) is 74.5 cm³/mol. The monoisotopic (exact) mass is 255 g/mol. The topological polar surface area (TPSA) is 38.3 Å². The normalized spacial score (nSPS) is 22.6. The smallest absolute Gasteiger partial charge is 0.326 e. The summed E-state index contributed by atoms with van der Waals surface area (Å²) >= 11 is 0. The van der Waals surface area contributed by atoms with Crippen molar-refractivity contribution in [3.63, 3.8) is 0 Å². The third kappa shape index (κ3) is 3.98. The van der Waals surface area contributed by atoms with Crippen molar-refractivity contribution in [2.24, 2.45) is 5.41 Å². The second-order valence-corrected chi connectivity index (χ2v) is 7.37. The SMILES string of the molecule is CNC(C)(CC(C)(C)C)C(=O)OC1(C)CCCC1. The number of carbonyl (C=O) groups excluding carboxylic acids is 1. The molecule has 3 heteroatoms. The third-order valence-corrected chi connectivity index (χ3v) is 3.89. The van der Waals surface area contributed by atoms with Gasteiger partial charge in [0, 0.05) is 0 Å². The van der Waals surface area contributed by atoms with Crippen LogP contribution in [0.1, 0.15) is 66.7 Å². The van der Waals surface area contributed by atoms with Crippen molar-refractivity contribution in [2.75, 3.05) is 7.05 Å². The average Bonchev–Trinajstić information content (AvgIpc) is 2.62. The summed E-state index contributed by atoms with van der Waals surface area (Å²) in [7, 11) is 1.84. The highest BCUT2D eigenvalue weighted by Gasteiger charge is 2.42. The molecule has 0 aromatic rings. The standard InChI is InChI=1S/C15H29NO2/c1-13(2,3)11-15(5,16-6)12(17)18-14(4)9-7-8-10-14/h16H,7-11H2,1-6H3. The van der Waals surface area contributed by atoms with Crippen LogP contribution in [0.15, 0.2) is 0 Å². The Bertz CT molecular complexity index is 300. The van der Waals surface area contributed by atoms with Crippen molar-refractivity contribution in [3.8, 4) is 0 Å². The van der Waals surface area contributed by atoms with Crippen LogP contribution in [0.3, 0.4) is 0 Å². The Kier molecular flexibility index (Phi) is 4.47. The first-order valence-corrected chi connectivity index (χ1v) is 7.03. The van der Waals surface area contributed by atoms with Crippen molar-refractivity contribution in [3.05, 3.63) is 0 Å². The minimum absolute atomic E-state index is 0.0906. The quantitative estimate of drug-likeness (QED) is 0.783. The van der Waals surface area contributed by atoms with Gasteiger partial charge in [0.15, 0.2) is 0 Å². The first kappa shape index (κ1) is 15.5. The van der Waals surface area contributed by atoms with Crippen LogP contribution >= 0.6 is 0 Å². The summed E-state index contributed by atoms with van der Waals surface area (Å²) in [5, 5.41) is 3.15. The van der Waals surface area contributed by atoms with E-state index in [0.29, 0.717) is 0 Å². The summed E-state index contributed by atoms with van der Waals surface area (Å²) in [5.74, 6) is -0.107. The van der Waals surface area contributed by atoms with E-state index in [-0.39, 0.29) is 17.0 Å². The first-order chi connectivity index (χ1) is 8.10. The van der Waals surface area contributed by atoms with E-state index in [1.54, 1.807) is 0 Å². The van der Waals surface area contributed by atoms with Crippen LogP contribution in [0.2, 0.25) is 0 Å². The summed E-state index contributed by atoms with van der Waals surface area (Å²) < 4.78 is 5.80. The van der Waals surface area contributed by atoms with Gasteiger partial charge in [0.05, 0.1) is 0 Å². The number of nitrogens with one attached hydrogen (secondary N) is 1. The van der Waals surface area contributed by atoms with Gasteiger partial charge in [-0.2, -0.15) is 0 Å². The zero-order valence-corrected chi connectivity index (χ0v) is 12.9. The molecule has 0 bridgehead atoms. The van der Waals surface area contributed by atoms with Gasteiger partial charge in [0.1, 0.15) is 11.1 Å². The molecule has 1 aliphatic rings. The summed E-state index contributed by atoms with van der Waals surface area (Å²) in [6.07, 6.45) is 5.09. The molecule has 0 radical (unpaired) electrons. The molecule has 1 unspecified atom stereocenters. The minimum atomic E-state index is -0.593. The van der Waals surface area contributed by atoms with Crippen LogP contribution in [0, 0.1) is 5.41 Å². The number of esters is 1. The van der Waals surface area contributed by atoms with Gasteiger partial charge in [-0.15, -0.1) is 0 Å². The molecule has 1 rings (SSSR count). The average molecular weight is 255 g/mol. The van der Waals surface area contributed by atoms with E-state index in [1.807, 2.05) is 14.0 Å². The van der Waals surface area contributed by atoms with E-state index in [4.69, 9.17) is 4.74 Å². The Morgan fingerprint density at radius 2 is 1.72 bits per heavy atom. The predicted octanol–water partition coefficient (Wildman–Crippen LogP) is 3.28. The largest absolute Gasteiger partial charge is 0.458 e. The fraction of sp³-hybridized carbons (Fsp3) is 0.933. The molecular weight excluding hydrogens is 226 g/mol. The van der Waals surface area contributed by atoms with Gasteiger partial charge in [0.2, 0.25) is 0 Å². The molecule has 0 amide bonds. The maximum atomic E-state index is 12.5. The van der Waals surface area contributed by atoms with Crippen molar-refractivity contribution in [1.29, 1.82) is 0 Å². The van der Waals surface area contributed by atoms with E-state index in [0.717, 1.165) is 19.3 Å². The van der Waals surface area contributed by atoms with Gasteiger partial charge in [-0.25, -0.2) is 0 Å². The number of hydrogen-bond donors (Lipinski definition) is 1. The highest BCUT2D eigenvalue weighted by molar-refractivity contribution is 5.80. The van der Waals surface area contributed by atoms with E-state index in [9.17, 15) is 4.79 Å². The molecule has 1 fully saturated rings. The van der Waals surface area contributed by atoms with E-state index < -0.39 is 5.54 Å². The fourth-order valence-electron chi connectivity index (χ4n) is 2.88. The molecule has 0 aromatic carbocycles. The lowest BCUT2D eigenvalue weighted by Crippen LogP contribution is -2.53. The number of ether oxygens (including phenoxy) is 1. The number of rotatable bonds is 4. The molecule has 3 nitrogen and oxygen atoms in total. The van der Waals surface area contributed by atoms with Crippen LogP contribution < -0.4 is 5.32 Å². The Balaban J connectivity index is 2.72. The third-order valence-electron chi connectivity index (χ3n) is 3.89. The molecule has 0 heterocycles. The molecule has 0 aromatic heterocycles. The van der Waals surface area contributed by atoms with E-state index in [2.05, 4.69) is 33.0 Å².